The van der Waals surface area contributed by atoms with Crippen molar-refractivity contribution < 1.29 is 63.6 Å². The van der Waals surface area contributed by atoms with E-state index in [0.717, 1.165) is 6.07 Å². The number of carbonyl (C=O) groups excluding carboxylic acids is 2. The van der Waals surface area contributed by atoms with Crippen LogP contribution in [0.25, 0.3) is 11.0 Å². The topological polar surface area (TPSA) is 121 Å². The van der Waals surface area contributed by atoms with Crippen LogP contribution in [0.15, 0.2) is 48.8 Å². The fourth-order valence-corrected chi connectivity index (χ4v) is 2.43. The van der Waals surface area contributed by atoms with Gasteiger partial charge in [0.1, 0.15) is 0 Å². The first-order valence-electron chi connectivity index (χ1n) is 7.92. The van der Waals surface area contributed by atoms with Crippen LogP contribution in [-0.4, -0.2) is 33.0 Å². The number of nitrogens with zero attached hydrogens (tertiary/aromatic N) is 2. The second kappa shape index (κ2) is 9.20. The van der Waals surface area contributed by atoms with Crippen molar-refractivity contribution in [3.8, 4) is 0 Å². The fraction of sp³-hybridized carbons (Fsp3) is 0.0556. The molecule has 3 amide bonds. The number of aromatic carboxylic acids is 1. The molecule has 0 atom stereocenters. The number of rotatable bonds is 3. The van der Waals surface area contributed by atoms with E-state index >= 15 is 0 Å². The third kappa shape index (κ3) is 5.53. The van der Waals surface area contributed by atoms with Gasteiger partial charge in [-0.25, -0.2) is 9.59 Å². The van der Waals surface area contributed by atoms with Gasteiger partial charge in [-0.2, -0.15) is 13.2 Å². The summed E-state index contributed by atoms with van der Waals surface area (Å²) in [6.07, 6.45) is -1.93. The van der Waals surface area contributed by atoms with Gasteiger partial charge in [-0.3, -0.25) is 20.1 Å². The Labute approximate surface area is 190 Å². The predicted octanol–water partition coefficient (Wildman–Crippen LogP) is 0.425. The SMILES string of the molecule is O=C(NC(=O)c1ccc2nccnc2c1)Nc1cc(C(=O)O)cc(C(F)(F)F)c1.[H-].[Na+]. The summed E-state index contributed by atoms with van der Waals surface area (Å²) in [5.41, 5.74) is -1.36. The van der Waals surface area contributed by atoms with Crippen molar-refractivity contribution in [1.29, 1.82) is 0 Å². The molecule has 0 saturated carbocycles. The number of nitrogens with one attached hydrogen (secondary N) is 2. The number of carbonyl (C=O) groups is 3. The number of imide groups is 1. The number of amides is 3. The first kappa shape index (κ1) is 23.3. The average Bonchev–Trinajstić information content (AvgIpc) is 2.66. The second-order valence-electron chi connectivity index (χ2n) is 5.77. The summed E-state index contributed by atoms with van der Waals surface area (Å²) < 4.78 is 38.8. The maximum absolute atomic E-state index is 12.9. The minimum absolute atomic E-state index is 0. The normalized spacial score (nSPS) is 10.8. The van der Waals surface area contributed by atoms with Crippen molar-refractivity contribution in [2.24, 2.45) is 0 Å². The number of halogens is 3. The first-order valence-corrected chi connectivity index (χ1v) is 7.92. The number of benzene rings is 2. The molecule has 0 spiro atoms. The van der Waals surface area contributed by atoms with Crippen LogP contribution >= 0.6 is 0 Å². The van der Waals surface area contributed by atoms with Gasteiger partial charge in [0.2, 0.25) is 0 Å². The van der Waals surface area contributed by atoms with Gasteiger partial charge >= 0.3 is 47.7 Å². The number of alkyl halides is 3. The number of anilines is 1. The van der Waals surface area contributed by atoms with Gasteiger partial charge in [-0.05, 0) is 36.4 Å². The molecule has 0 fully saturated rings. The maximum atomic E-state index is 12.9. The molecule has 0 radical (unpaired) electrons. The van der Waals surface area contributed by atoms with Crippen molar-refractivity contribution in [2.75, 3.05) is 5.32 Å². The molecule has 0 bridgehead atoms. The van der Waals surface area contributed by atoms with Crippen LogP contribution in [0.2, 0.25) is 0 Å². The van der Waals surface area contributed by atoms with Crippen LogP contribution in [0.1, 0.15) is 27.7 Å². The molecular formula is C18H12F3N4NaO4. The Morgan fingerprint density at radius 2 is 1.60 bits per heavy atom. The van der Waals surface area contributed by atoms with E-state index in [-0.39, 0.29) is 36.5 Å². The minimum atomic E-state index is -4.82. The molecule has 1 heterocycles. The number of carboxylic acids is 1. The monoisotopic (exact) mass is 428 g/mol. The van der Waals surface area contributed by atoms with E-state index in [1.54, 1.807) is 0 Å². The molecule has 0 unspecified atom stereocenters. The molecular weight excluding hydrogens is 416 g/mol. The maximum Gasteiger partial charge on any atom is 1.00 e. The molecule has 3 N–H and O–H groups in total. The summed E-state index contributed by atoms with van der Waals surface area (Å²) >= 11 is 0. The van der Waals surface area contributed by atoms with Crippen molar-refractivity contribution in [3.05, 3.63) is 65.5 Å². The molecule has 3 aromatic rings. The Morgan fingerprint density at radius 1 is 0.933 bits per heavy atom. The van der Waals surface area contributed by atoms with Gasteiger partial charge in [0.25, 0.3) is 5.91 Å². The van der Waals surface area contributed by atoms with Crippen molar-refractivity contribution in [1.82, 2.24) is 15.3 Å². The Kier molecular flexibility index (Phi) is 7.13. The first-order chi connectivity index (χ1) is 13.6. The molecule has 1 aromatic heterocycles. The van der Waals surface area contributed by atoms with Gasteiger partial charge in [-0.15, -0.1) is 0 Å². The average molecular weight is 428 g/mol. The molecule has 0 saturated heterocycles. The number of hydrogen-bond acceptors (Lipinski definition) is 5. The van der Waals surface area contributed by atoms with Gasteiger partial charge in [0.15, 0.2) is 0 Å². The van der Waals surface area contributed by atoms with Crippen molar-refractivity contribution in [3.63, 3.8) is 0 Å². The molecule has 0 aliphatic heterocycles. The number of fused-ring (bicyclic) bond motifs is 1. The third-order valence-electron chi connectivity index (χ3n) is 3.72. The summed E-state index contributed by atoms with van der Waals surface area (Å²) in [7, 11) is 0. The zero-order chi connectivity index (χ0) is 21.2. The van der Waals surface area contributed by atoms with E-state index in [0.29, 0.717) is 23.2 Å². The fourth-order valence-electron chi connectivity index (χ4n) is 2.43. The van der Waals surface area contributed by atoms with Gasteiger partial charge in [0, 0.05) is 23.6 Å². The van der Waals surface area contributed by atoms with Gasteiger partial charge in [0.05, 0.1) is 22.2 Å². The quantitative estimate of drug-likeness (QED) is 0.520. The zero-order valence-electron chi connectivity index (χ0n) is 16.3. The van der Waals surface area contributed by atoms with Crippen molar-refractivity contribution >= 4 is 34.6 Å². The smallest absolute Gasteiger partial charge is 1.00 e. The molecule has 30 heavy (non-hydrogen) atoms. The molecule has 3 rings (SSSR count). The molecule has 0 aliphatic carbocycles. The van der Waals surface area contributed by atoms with E-state index in [1.807, 2.05) is 10.6 Å². The third-order valence-corrected chi connectivity index (χ3v) is 3.72. The Bertz CT molecular complexity index is 1140. The molecule has 0 aliphatic rings. The minimum Gasteiger partial charge on any atom is -1.00 e. The van der Waals surface area contributed by atoms with Crippen LogP contribution < -0.4 is 40.2 Å². The number of hydrogen-bond donors (Lipinski definition) is 3. The predicted molar refractivity (Wildman–Crippen MR) is 95.5 cm³/mol. The summed E-state index contributed by atoms with van der Waals surface area (Å²) in [6.45, 7) is 0. The second-order valence-corrected chi connectivity index (χ2v) is 5.77. The van der Waals surface area contributed by atoms with E-state index in [4.69, 9.17) is 5.11 Å². The molecule has 8 nitrogen and oxygen atoms in total. The number of carboxylic acid groups (broad SMARTS) is 1. The standard InChI is InChI=1S/C18H11F3N4O4.Na.H/c19-18(20,21)11-5-10(16(27)28)6-12(8-11)24-17(29)25-15(26)9-1-2-13-14(7-9)23-4-3-22-13;;/h1-8H,(H,27,28)(H2,24,25,26,29);;/q;+1;-1. The summed E-state index contributed by atoms with van der Waals surface area (Å²) in [5, 5.41) is 12.9. The van der Waals surface area contributed by atoms with E-state index in [1.165, 1.54) is 30.6 Å². The van der Waals surface area contributed by atoms with Crippen LogP contribution in [0.4, 0.5) is 23.7 Å². The summed E-state index contributed by atoms with van der Waals surface area (Å²) in [4.78, 5) is 43.3. The zero-order valence-corrected chi connectivity index (χ0v) is 17.3. The van der Waals surface area contributed by atoms with Gasteiger partial charge < -0.3 is 11.8 Å². The largest absolute Gasteiger partial charge is 1.00 e. The number of urea groups is 1. The summed E-state index contributed by atoms with van der Waals surface area (Å²) in [6, 6.07) is 5.00. The molecule has 12 heteroatoms. The van der Waals surface area contributed by atoms with Gasteiger partial charge in [-0.1, -0.05) is 0 Å². The molecule has 2 aromatic carbocycles. The van der Waals surface area contributed by atoms with E-state index in [2.05, 4.69) is 9.97 Å². The molecule has 150 valence electrons. The summed E-state index contributed by atoms with van der Waals surface area (Å²) in [5.74, 6) is -2.44. The van der Waals surface area contributed by atoms with E-state index < -0.39 is 40.9 Å². The number of aromatic nitrogens is 2. The Balaban J connectivity index is 0.00000240. The van der Waals surface area contributed by atoms with E-state index in [9.17, 15) is 27.6 Å². The van der Waals surface area contributed by atoms with Crippen molar-refractivity contribution in [2.45, 2.75) is 6.18 Å². The van der Waals surface area contributed by atoms with Crippen LogP contribution in [0, 0.1) is 0 Å². The van der Waals surface area contributed by atoms with Crippen LogP contribution in [-0.2, 0) is 6.18 Å². The van der Waals surface area contributed by atoms with Crippen LogP contribution in [0.5, 0.6) is 0 Å². The Morgan fingerprint density at radius 3 is 2.23 bits per heavy atom. The Hall–Kier alpha value is -3.02. The van der Waals surface area contributed by atoms with Crippen LogP contribution in [0.3, 0.4) is 0 Å².